The van der Waals surface area contributed by atoms with Gasteiger partial charge in [-0.05, 0) is 75.0 Å². The number of pyridine rings is 1. The highest BCUT2D eigenvalue weighted by Crippen LogP contribution is 2.46. The topological polar surface area (TPSA) is 7.65 Å². The minimum atomic E-state index is 1.10. The van der Waals surface area contributed by atoms with Gasteiger partial charge >= 0.3 is 0 Å². The monoisotopic (exact) mass is 738 g/mol. The van der Waals surface area contributed by atoms with Gasteiger partial charge in [0.2, 0.25) is 0 Å². The Balaban J connectivity index is 1.16. The molecule has 0 atom stereocenters. The van der Waals surface area contributed by atoms with E-state index >= 15 is 0 Å². The number of anilines is 3. The Morgan fingerprint density at radius 1 is 0.293 bits per heavy atom. The Hall–Kier alpha value is -7.68. The van der Waals surface area contributed by atoms with Crippen molar-refractivity contribution in [3.63, 3.8) is 0 Å². The summed E-state index contributed by atoms with van der Waals surface area (Å²) in [6, 6.07) is 83.6. The highest BCUT2D eigenvalue weighted by Gasteiger charge is 2.22. The van der Waals surface area contributed by atoms with Crippen molar-refractivity contribution in [2.75, 3.05) is 4.90 Å². The van der Waals surface area contributed by atoms with Gasteiger partial charge in [-0.15, -0.1) is 0 Å². The molecule has 9 aromatic carbocycles. The lowest BCUT2D eigenvalue weighted by atomic mass is 9.94. The highest BCUT2D eigenvalue weighted by atomic mass is 15.1. The molecule has 0 N–H and O–H groups in total. The Morgan fingerprint density at radius 3 is 1.64 bits per heavy atom. The molecule has 2 nitrogen and oxygen atoms in total. The molecule has 0 saturated carbocycles. The van der Waals surface area contributed by atoms with Crippen molar-refractivity contribution >= 4 is 55.2 Å². The molecule has 11 aromatic rings. The van der Waals surface area contributed by atoms with Gasteiger partial charge in [0, 0.05) is 33.2 Å². The van der Waals surface area contributed by atoms with Crippen LogP contribution >= 0.6 is 0 Å². The maximum atomic E-state index is 2.49. The van der Waals surface area contributed by atoms with Crippen LogP contribution in [0.5, 0.6) is 0 Å². The van der Waals surface area contributed by atoms with Gasteiger partial charge in [-0.1, -0.05) is 194 Å². The van der Waals surface area contributed by atoms with Crippen molar-refractivity contribution in [2.24, 2.45) is 0 Å². The van der Waals surface area contributed by atoms with Crippen LogP contribution in [0, 0.1) is 0 Å². The number of hydrogen-bond donors (Lipinski definition) is 0. The highest BCUT2D eigenvalue weighted by molar-refractivity contribution is 6.13. The van der Waals surface area contributed by atoms with Crippen LogP contribution in [-0.4, -0.2) is 4.40 Å². The number of rotatable bonds is 7. The van der Waals surface area contributed by atoms with Crippen molar-refractivity contribution in [2.45, 2.75) is 0 Å². The Labute approximate surface area is 338 Å². The molecule has 0 unspecified atom stereocenters. The van der Waals surface area contributed by atoms with E-state index < -0.39 is 0 Å². The molecule has 2 heterocycles. The van der Waals surface area contributed by atoms with Crippen LogP contribution in [0.2, 0.25) is 0 Å². The first kappa shape index (κ1) is 33.6. The van der Waals surface area contributed by atoms with E-state index in [-0.39, 0.29) is 0 Å². The molecule has 2 aromatic heterocycles. The maximum Gasteiger partial charge on any atom is 0.0613 e. The molecule has 2 heteroatoms. The lowest BCUT2D eigenvalue weighted by Gasteiger charge is -2.29. The van der Waals surface area contributed by atoms with Crippen LogP contribution in [0.3, 0.4) is 0 Å². The molecular weight excluding hydrogens is 701 g/mol. The predicted octanol–water partition coefficient (Wildman–Crippen LogP) is 15.5. The summed E-state index contributed by atoms with van der Waals surface area (Å²) in [5, 5.41) is 4.84. The third kappa shape index (κ3) is 5.57. The summed E-state index contributed by atoms with van der Waals surface area (Å²) in [7, 11) is 0. The van der Waals surface area contributed by atoms with Crippen LogP contribution in [0.1, 0.15) is 0 Å². The average molecular weight is 739 g/mol. The largest absolute Gasteiger partial charge is 0.309 e. The smallest absolute Gasteiger partial charge is 0.0613 e. The molecule has 272 valence electrons. The number of para-hydroxylation sites is 3. The summed E-state index contributed by atoms with van der Waals surface area (Å²) >= 11 is 0. The van der Waals surface area contributed by atoms with E-state index in [4.69, 9.17) is 0 Å². The summed E-state index contributed by atoms with van der Waals surface area (Å²) in [6.45, 7) is 0. The van der Waals surface area contributed by atoms with Crippen LogP contribution in [0.25, 0.3) is 82.6 Å². The van der Waals surface area contributed by atoms with Crippen LogP contribution in [0.4, 0.5) is 17.1 Å². The van der Waals surface area contributed by atoms with Crippen molar-refractivity contribution < 1.29 is 0 Å². The molecule has 0 bridgehead atoms. The first-order chi connectivity index (χ1) is 28.8. The van der Waals surface area contributed by atoms with Crippen LogP contribution in [-0.2, 0) is 0 Å². The first-order valence-electron chi connectivity index (χ1n) is 19.9. The van der Waals surface area contributed by atoms with E-state index in [0.717, 1.165) is 17.1 Å². The molecule has 0 aliphatic rings. The van der Waals surface area contributed by atoms with Crippen molar-refractivity contribution in [3.8, 4) is 44.5 Å². The van der Waals surface area contributed by atoms with E-state index in [1.807, 2.05) is 0 Å². The lowest BCUT2D eigenvalue weighted by Crippen LogP contribution is -2.11. The lowest BCUT2D eigenvalue weighted by molar-refractivity contribution is 1.30. The Morgan fingerprint density at radius 2 is 0.845 bits per heavy atom. The van der Waals surface area contributed by atoms with Crippen LogP contribution in [0.15, 0.2) is 231 Å². The van der Waals surface area contributed by atoms with Crippen molar-refractivity contribution in [3.05, 3.63) is 231 Å². The third-order valence-corrected chi connectivity index (χ3v) is 11.6. The fraction of sp³-hybridized carbons (Fsp3) is 0. The molecule has 0 radical (unpaired) electrons. The number of aromatic nitrogens is 1. The molecule has 0 aliphatic carbocycles. The average Bonchev–Trinajstić information content (AvgIpc) is 3.65. The summed E-state index contributed by atoms with van der Waals surface area (Å²) in [6.07, 6.45) is 0. The summed E-state index contributed by atoms with van der Waals surface area (Å²) in [5.41, 5.74) is 16.6. The number of benzene rings is 9. The zero-order valence-corrected chi connectivity index (χ0v) is 31.8. The van der Waals surface area contributed by atoms with E-state index in [9.17, 15) is 0 Å². The maximum absolute atomic E-state index is 2.49. The molecular formula is C56H38N2. The molecule has 0 saturated heterocycles. The quantitative estimate of drug-likeness (QED) is 0.158. The first-order valence-corrected chi connectivity index (χ1v) is 19.9. The molecule has 0 amide bonds. The summed E-state index contributed by atoms with van der Waals surface area (Å²) in [4.78, 5) is 2.44. The van der Waals surface area contributed by atoms with Gasteiger partial charge in [-0.25, -0.2) is 0 Å². The fourth-order valence-electron chi connectivity index (χ4n) is 8.99. The number of fused-ring (bicyclic) bond motifs is 6. The van der Waals surface area contributed by atoms with Gasteiger partial charge in [-0.3, -0.25) is 0 Å². The minimum absolute atomic E-state index is 1.10. The Bertz CT molecular complexity index is 3250. The van der Waals surface area contributed by atoms with Gasteiger partial charge in [0.1, 0.15) is 0 Å². The van der Waals surface area contributed by atoms with E-state index in [2.05, 4.69) is 240 Å². The van der Waals surface area contributed by atoms with Crippen molar-refractivity contribution in [1.82, 2.24) is 4.40 Å². The number of nitrogens with zero attached hydrogens (tertiary/aromatic N) is 2. The van der Waals surface area contributed by atoms with Gasteiger partial charge in [-0.2, -0.15) is 0 Å². The fourth-order valence-corrected chi connectivity index (χ4v) is 8.99. The molecule has 11 rings (SSSR count). The van der Waals surface area contributed by atoms with E-state index in [0.29, 0.717) is 0 Å². The van der Waals surface area contributed by atoms with E-state index in [1.54, 1.807) is 0 Å². The summed E-state index contributed by atoms with van der Waals surface area (Å²) < 4.78 is 2.49. The van der Waals surface area contributed by atoms with Gasteiger partial charge < -0.3 is 9.30 Å². The second-order valence-electron chi connectivity index (χ2n) is 14.9. The minimum Gasteiger partial charge on any atom is -0.309 e. The Kier molecular flexibility index (Phi) is 8.19. The second kappa shape index (κ2) is 14.1. The van der Waals surface area contributed by atoms with Gasteiger partial charge in [0.25, 0.3) is 0 Å². The van der Waals surface area contributed by atoms with Crippen LogP contribution < -0.4 is 4.90 Å². The zero-order chi connectivity index (χ0) is 38.4. The van der Waals surface area contributed by atoms with Crippen molar-refractivity contribution in [1.29, 1.82) is 0 Å². The zero-order valence-electron chi connectivity index (χ0n) is 31.8. The molecule has 0 spiro atoms. The number of hydrogen-bond acceptors (Lipinski definition) is 1. The normalized spacial score (nSPS) is 11.4. The molecule has 58 heavy (non-hydrogen) atoms. The SMILES string of the molecule is c1ccc(-c2ccc(N(c3ccccc3-c3ccccc3)c3cccc4c(-c5cccc6ccc7c(-c8ccccc8)c8ccccc8n7c56)cccc34)cc2)cc1. The molecule has 0 aliphatic heterocycles. The predicted molar refractivity (Wildman–Crippen MR) is 246 cm³/mol. The van der Waals surface area contributed by atoms with Gasteiger partial charge in [0.05, 0.1) is 27.9 Å². The van der Waals surface area contributed by atoms with E-state index in [1.165, 1.54) is 82.6 Å². The summed E-state index contributed by atoms with van der Waals surface area (Å²) in [5.74, 6) is 0. The van der Waals surface area contributed by atoms with Gasteiger partial charge in [0.15, 0.2) is 0 Å². The second-order valence-corrected chi connectivity index (χ2v) is 14.9. The third-order valence-electron chi connectivity index (χ3n) is 11.6. The standard InChI is InChI=1S/C56H38N2/c1-4-17-39(18-5-1)40-33-36-44(37-34-40)57(51-30-12-10-24-45(51)41-19-6-2-7-20-41)52-32-16-27-46-47(26-15-28-48(46)52)49-29-14-23-43-35-38-54-55(42-21-8-3-9-22-42)50-25-11-13-31-53(50)58(54)56(43)49/h1-38H. The molecule has 0 fully saturated rings.